The molecule has 1 saturated heterocycles. The number of hydrogen-bond acceptors (Lipinski definition) is 4. The highest BCUT2D eigenvalue weighted by Gasteiger charge is 2.32. The number of nitrogens with two attached hydrogens (primary N) is 1. The van der Waals surface area contributed by atoms with E-state index in [1.807, 2.05) is 23.9 Å². The number of hydrogen-bond donors (Lipinski definition) is 2. The van der Waals surface area contributed by atoms with Crippen molar-refractivity contribution in [2.45, 2.75) is 25.8 Å². The Morgan fingerprint density at radius 3 is 2.64 bits per heavy atom. The van der Waals surface area contributed by atoms with Crippen LogP contribution in [0.1, 0.15) is 24.8 Å². The van der Waals surface area contributed by atoms with Gasteiger partial charge in [0.15, 0.2) is 0 Å². The van der Waals surface area contributed by atoms with Gasteiger partial charge in [-0.25, -0.2) is 0 Å². The highest BCUT2D eigenvalue weighted by atomic mass is 35.5. The largest absolute Gasteiger partial charge is 0.330 e. The van der Waals surface area contributed by atoms with Gasteiger partial charge in [-0.1, -0.05) is 24.6 Å². The fraction of sp³-hybridized carbons (Fsp3) is 0.611. The molecule has 0 bridgehead atoms. The molecule has 1 aliphatic carbocycles. The Labute approximate surface area is 167 Å². The van der Waals surface area contributed by atoms with Crippen LogP contribution in [0.15, 0.2) is 24.3 Å². The van der Waals surface area contributed by atoms with Gasteiger partial charge in [-0.3, -0.25) is 9.69 Å². The third-order valence-electron chi connectivity index (χ3n) is 5.07. The average molecular weight is 406 g/mol. The molecule has 0 unspecified atom stereocenters. The Balaban J connectivity index is 0.00000156. The fourth-order valence-corrected chi connectivity index (χ4v) is 4.65. The molecule has 3 N–H and O–H groups in total. The van der Waals surface area contributed by atoms with Crippen molar-refractivity contribution in [2.24, 2.45) is 17.6 Å². The van der Waals surface area contributed by atoms with Crippen LogP contribution in [0.5, 0.6) is 0 Å². The first kappa shape index (κ1) is 22.6. The van der Waals surface area contributed by atoms with Crippen molar-refractivity contribution in [1.29, 1.82) is 0 Å². The summed E-state index contributed by atoms with van der Waals surface area (Å²) in [7, 11) is 0. The third-order valence-corrected chi connectivity index (χ3v) is 6.01. The lowest BCUT2D eigenvalue weighted by molar-refractivity contribution is -0.120. The normalized spacial score (nSPS) is 23.4. The minimum Gasteiger partial charge on any atom is -0.330 e. The van der Waals surface area contributed by atoms with Crippen LogP contribution < -0.4 is 11.1 Å². The highest BCUT2D eigenvalue weighted by molar-refractivity contribution is 7.99. The summed E-state index contributed by atoms with van der Waals surface area (Å²) in [4.78, 5) is 15.1. The zero-order chi connectivity index (χ0) is 16.1. The molecule has 2 aliphatic rings. The summed E-state index contributed by atoms with van der Waals surface area (Å²) in [5.74, 6) is 2.99. The van der Waals surface area contributed by atoms with E-state index in [0.717, 1.165) is 44.6 Å². The lowest BCUT2D eigenvalue weighted by atomic mass is 9.95. The summed E-state index contributed by atoms with van der Waals surface area (Å²) in [5, 5.41) is 3.18. The summed E-state index contributed by atoms with van der Waals surface area (Å²) >= 11 is 2.02. The number of carbonyl (C=O) groups is 1. The lowest BCUT2D eigenvalue weighted by Gasteiger charge is -2.27. The number of rotatable bonds is 5. The average Bonchev–Trinajstić information content (AvgIpc) is 3.06. The van der Waals surface area contributed by atoms with Crippen molar-refractivity contribution in [1.82, 2.24) is 4.90 Å². The molecule has 142 valence electrons. The Kier molecular flexibility index (Phi) is 10.2. The standard InChI is InChI=1S/C18H27N3OS.2ClH/c19-12-14-5-3-6-16(14)18(22)20-17-7-2-1-4-15(17)13-21-8-10-23-11-9-21;;/h1-2,4,7,14,16H,3,5-6,8-13,19H2,(H,20,22);2*1H/t14-,16-;;/m1../s1. The molecule has 0 spiro atoms. The van der Waals surface area contributed by atoms with Gasteiger partial charge in [0.2, 0.25) is 5.91 Å². The first-order valence-electron chi connectivity index (χ1n) is 8.67. The predicted octanol–water partition coefficient (Wildman–Crippen LogP) is 3.39. The van der Waals surface area contributed by atoms with Gasteiger partial charge in [-0.05, 0) is 36.9 Å². The quantitative estimate of drug-likeness (QED) is 0.787. The molecule has 1 aromatic carbocycles. The lowest BCUT2D eigenvalue weighted by Crippen LogP contribution is -2.33. The molecule has 1 aromatic rings. The number of amides is 1. The molecule has 1 amide bonds. The fourth-order valence-electron chi connectivity index (χ4n) is 3.67. The second-order valence-electron chi connectivity index (χ2n) is 6.57. The van der Waals surface area contributed by atoms with Crippen molar-refractivity contribution in [3.63, 3.8) is 0 Å². The van der Waals surface area contributed by atoms with E-state index in [0.29, 0.717) is 12.5 Å². The van der Waals surface area contributed by atoms with E-state index in [2.05, 4.69) is 22.3 Å². The van der Waals surface area contributed by atoms with Crippen LogP contribution >= 0.6 is 36.6 Å². The maximum absolute atomic E-state index is 12.6. The van der Waals surface area contributed by atoms with Crippen molar-refractivity contribution in [3.8, 4) is 0 Å². The summed E-state index contributed by atoms with van der Waals surface area (Å²) in [6.45, 7) is 3.79. The third kappa shape index (κ3) is 6.04. The monoisotopic (exact) mass is 405 g/mol. The molecule has 1 aliphatic heterocycles. The molecular formula is C18H29Cl2N3OS. The second-order valence-corrected chi connectivity index (χ2v) is 7.79. The van der Waals surface area contributed by atoms with Crippen LogP contribution in [0.25, 0.3) is 0 Å². The molecule has 3 rings (SSSR count). The Bertz CT molecular complexity index is 541. The molecule has 2 fully saturated rings. The topological polar surface area (TPSA) is 58.4 Å². The maximum atomic E-state index is 12.6. The van der Waals surface area contributed by atoms with Crippen LogP contribution in [-0.4, -0.2) is 41.9 Å². The van der Waals surface area contributed by atoms with Gasteiger partial charge in [0.25, 0.3) is 0 Å². The minimum absolute atomic E-state index is 0. The Morgan fingerprint density at radius 2 is 1.92 bits per heavy atom. The van der Waals surface area contributed by atoms with Gasteiger partial charge in [-0.2, -0.15) is 11.8 Å². The summed E-state index contributed by atoms with van der Waals surface area (Å²) in [6.07, 6.45) is 3.17. The van der Waals surface area contributed by atoms with Crippen molar-refractivity contribution >= 4 is 48.2 Å². The molecule has 1 saturated carbocycles. The van der Waals surface area contributed by atoms with E-state index >= 15 is 0 Å². The minimum atomic E-state index is 0. The van der Waals surface area contributed by atoms with Crippen LogP contribution in [0, 0.1) is 11.8 Å². The van der Waals surface area contributed by atoms with E-state index in [1.54, 1.807) is 0 Å². The van der Waals surface area contributed by atoms with Crippen molar-refractivity contribution in [2.75, 3.05) is 36.5 Å². The van der Waals surface area contributed by atoms with Gasteiger partial charge in [-0.15, -0.1) is 24.8 Å². The van der Waals surface area contributed by atoms with Gasteiger partial charge >= 0.3 is 0 Å². The first-order valence-corrected chi connectivity index (χ1v) is 9.82. The number of nitrogens with one attached hydrogen (secondary N) is 1. The summed E-state index contributed by atoms with van der Waals surface area (Å²) in [5.41, 5.74) is 8.01. The number of halogens is 2. The van der Waals surface area contributed by atoms with E-state index in [4.69, 9.17) is 5.73 Å². The number of nitrogens with zero attached hydrogens (tertiary/aromatic N) is 1. The number of para-hydroxylation sites is 1. The molecule has 1 heterocycles. The van der Waals surface area contributed by atoms with Gasteiger partial charge < -0.3 is 11.1 Å². The van der Waals surface area contributed by atoms with Crippen LogP contribution in [0.3, 0.4) is 0 Å². The van der Waals surface area contributed by atoms with E-state index in [1.165, 1.54) is 17.1 Å². The SMILES string of the molecule is Cl.Cl.NC[C@H]1CCC[C@H]1C(=O)Nc1ccccc1CN1CCSCC1. The molecular weight excluding hydrogens is 377 g/mol. The zero-order valence-electron chi connectivity index (χ0n) is 14.5. The predicted molar refractivity (Wildman–Crippen MR) is 112 cm³/mol. The Morgan fingerprint density at radius 1 is 1.20 bits per heavy atom. The molecule has 0 aromatic heterocycles. The number of benzene rings is 1. The molecule has 25 heavy (non-hydrogen) atoms. The van der Waals surface area contributed by atoms with Crippen molar-refractivity contribution < 1.29 is 4.79 Å². The van der Waals surface area contributed by atoms with Gasteiger partial charge in [0.05, 0.1) is 0 Å². The van der Waals surface area contributed by atoms with E-state index in [-0.39, 0.29) is 36.6 Å². The number of anilines is 1. The Hall–Kier alpha value is -0.460. The van der Waals surface area contributed by atoms with Crippen LogP contribution in [-0.2, 0) is 11.3 Å². The molecule has 0 radical (unpaired) electrons. The molecule has 2 atom stereocenters. The number of thioether (sulfide) groups is 1. The van der Waals surface area contributed by atoms with Crippen LogP contribution in [0.4, 0.5) is 5.69 Å². The zero-order valence-corrected chi connectivity index (χ0v) is 16.9. The van der Waals surface area contributed by atoms with Gasteiger partial charge in [0, 0.05) is 42.7 Å². The maximum Gasteiger partial charge on any atom is 0.227 e. The molecule has 4 nitrogen and oxygen atoms in total. The van der Waals surface area contributed by atoms with E-state index < -0.39 is 0 Å². The van der Waals surface area contributed by atoms with Crippen molar-refractivity contribution in [3.05, 3.63) is 29.8 Å². The van der Waals surface area contributed by atoms with E-state index in [9.17, 15) is 4.79 Å². The number of carbonyl (C=O) groups excluding carboxylic acids is 1. The summed E-state index contributed by atoms with van der Waals surface area (Å²) in [6, 6.07) is 8.22. The first-order chi connectivity index (χ1) is 11.3. The smallest absolute Gasteiger partial charge is 0.227 e. The van der Waals surface area contributed by atoms with Crippen LogP contribution in [0.2, 0.25) is 0 Å². The second kappa shape index (κ2) is 11.3. The molecule has 7 heteroatoms. The van der Waals surface area contributed by atoms with Gasteiger partial charge in [0.1, 0.15) is 0 Å². The summed E-state index contributed by atoms with van der Waals surface area (Å²) < 4.78 is 0. The highest BCUT2D eigenvalue weighted by Crippen LogP contribution is 2.32.